The first-order valence-electron chi connectivity index (χ1n) is 4.18. The highest BCUT2D eigenvalue weighted by atomic mass is 16.6. The molecule has 0 radical (unpaired) electrons. The summed E-state index contributed by atoms with van der Waals surface area (Å²) in [5.41, 5.74) is 4.67. The van der Waals surface area contributed by atoms with Crippen molar-refractivity contribution in [3.63, 3.8) is 0 Å². The van der Waals surface area contributed by atoms with Crippen molar-refractivity contribution >= 4 is 12.2 Å². The molecule has 0 aromatic rings. The zero-order valence-electron chi connectivity index (χ0n) is 8.10. The molecule has 88 valence electrons. The Bertz CT molecular complexity index is 198. The van der Waals surface area contributed by atoms with E-state index in [4.69, 9.17) is 5.11 Å². The number of primary amides is 1. The number of hydrogen-bond acceptors (Lipinski definition) is 6. The molecule has 0 saturated carbocycles. The van der Waals surface area contributed by atoms with Gasteiger partial charge in [-0.15, -0.1) is 0 Å². The van der Waals surface area contributed by atoms with E-state index < -0.39 is 19.0 Å². The fourth-order valence-corrected chi connectivity index (χ4v) is 0.617. The molecule has 0 saturated heterocycles. The van der Waals surface area contributed by atoms with E-state index in [1.807, 2.05) is 0 Å². The van der Waals surface area contributed by atoms with Crippen LogP contribution >= 0.6 is 0 Å². The maximum Gasteiger partial charge on any atom is 0.407 e. The standard InChI is InChI=1S/C7H14N2O6/c8-6(11)14-3-4-15-7(12)9-1-2-13-5-10/h10H,1-5H2,(H2,8,11)(H,9,12). The van der Waals surface area contributed by atoms with Crippen molar-refractivity contribution in [3.8, 4) is 0 Å². The fraction of sp³-hybridized carbons (Fsp3) is 0.714. The molecule has 0 aromatic heterocycles. The number of alkyl carbamates (subject to hydrolysis) is 1. The summed E-state index contributed by atoms with van der Waals surface area (Å²) in [6, 6.07) is 0. The molecule has 0 aromatic carbocycles. The molecule has 0 bridgehead atoms. The van der Waals surface area contributed by atoms with Gasteiger partial charge in [0, 0.05) is 6.54 Å². The van der Waals surface area contributed by atoms with Crippen molar-refractivity contribution < 1.29 is 28.9 Å². The van der Waals surface area contributed by atoms with Crippen molar-refractivity contribution in [3.05, 3.63) is 0 Å². The van der Waals surface area contributed by atoms with E-state index in [0.717, 1.165) is 0 Å². The molecule has 0 heterocycles. The number of ether oxygens (including phenoxy) is 3. The Morgan fingerprint density at radius 1 is 1.20 bits per heavy atom. The van der Waals surface area contributed by atoms with Gasteiger partial charge < -0.3 is 30.4 Å². The van der Waals surface area contributed by atoms with Crippen LogP contribution < -0.4 is 11.1 Å². The van der Waals surface area contributed by atoms with Gasteiger partial charge in [0.05, 0.1) is 6.61 Å². The molecule has 0 fully saturated rings. The van der Waals surface area contributed by atoms with Gasteiger partial charge in [-0.3, -0.25) is 0 Å². The zero-order chi connectivity index (χ0) is 11.5. The minimum atomic E-state index is -0.921. The lowest BCUT2D eigenvalue weighted by atomic mass is 10.7. The maximum absolute atomic E-state index is 10.8. The first-order valence-corrected chi connectivity index (χ1v) is 4.18. The largest absolute Gasteiger partial charge is 0.446 e. The second-order valence-corrected chi connectivity index (χ2v) is 2.27. The SMILES string of the molecule is NC(=O)OCCOC(=O)NCCOCO. The van der Waals surface area contributed by atoms with Crippen LogP contribution in [0, 0.1) is 0 Å². The van der Waals surface area contributed by atoms with E-state index in [-0.39, 0.29) is 26.4 Å². The van der Waals surface area contributed by atoms with Gasteiger partial charge in [-0.2, -0.15) is 0 Å². The maximum atomic E-state index is 10.8. The normalized spacial score (nSPS) is 9.40. The smallest absolute Gasteiger partial charge is 0.407 e. The Morgan fingerprint density at radius 2 is 1.87 bits per heavy atom. The van der Waals surface area contributed by atoms with Crippen LogP contribution in [0.25, 0.3) is 0 Å². The Morgan fingerprint density at radius 3 is 2.47 bits per heavy atom. The number of aliphatic hydroxyl groups is 1. The summed E-state index contributed by atoms with van der Waals surface area (Å²) in [4.78, 5) is 20.9. The molecule has 0 unspecified atom stereocenters. The first kappa shape index (κ1) is 13.5. The number of carbonyl (C=O) groups is 2. The summed E-state index contributed by atoms with van der Waals surface area (Å²) in [6.07, 6.45) is -1.58. The highest BCUT2D eigenvalue weighted by molar-refractivity contribution is 5.67. The molecule has 0 atom stereocenters. The van der Waals surface area contributed by atoms with E-state index in [2.05, 4.69) is 25.3 Å². The van der Waals surface area contributed by atoms with E-state index >= 15 is 0 Å². The van der Waals surface area contributed by atoms with Crippen LogP contribution in [0.5, 0.6) is 0 Å². The first-order chi connectivity index (χ1) is 7.16. The summed E-state index contributed by atoms with van der Waals surface area (Å²) >= 11 is 0. The lowest BCUT2D eigenvalue weighted by molar-refractivity contribution is 0.000122. The minimum absolute atomic E-state index is 0.0738. The molecule has 8 nitrogen and oxygen atoms in total. The summed E-state index contributed by atoms with van der Waals surface area (Å²) in [7, 11) is 0. The molecule has 0 spiro atoms. The van der Waals surface area contributed by atoms with Crippen LogP contribution in [0.1, 0.15) is 0 Å². The van der Waals surface area contributed by atoms with E-state index in [9.17, 15) is 9.59 Å². The second-order valence-electron chi connectivity index (χ2n) is 2.27. The molecule has 4 N–H and O–H groups in total. The average Bonchev–Trinajstić information content (AvgIpc) is 2.19. The number of rotatable bonds is 7. The third-order valence-electron chi connectivity index (χ3n) is 1.17. The van der Waals surface area contributed by atoms with Crippen LogP contribution in [0.15, 0.2) is 0 Å². The fourth-order valence-electron chi connectivity index (χ4n) is 0.617. The van der Waals surface area contributed by atoms with Crippen molar-refractivity contribution in [2.75, 3.05) is 33.2 Å². The quantitative estimate of drug-likeness (QED) is 0.366. The summed E-state index contributed by atoms with van der Waals surface area (Å²) in [5, 5.41) is 10.6. The third-order valence-corrected chi connectivity index (χ3v) is 1.17. The number of hydrogen-bond donors (Lipinski definition) is 3. The van der Waals surface area contributed by atoms with Crippen LogP contribution in [-0.2, 0) is 14.2 Å². The Kier molecular flexibility index (Phi) is 8.10. The monoisotopic (exact) mass is 222 g/mol. The number of nitrogens with one attached hydrogen (secondary N) is 1. The highest BCUT2D eigenvalue weighted by Gasteiger charge is 2.01. The molecular weight excluding hydrogens is 208 g/mol. The van der Waals surface area contributed by atoms with Gasteiger partial charge in [-0.05, 0) is 0 Å². The van der Waals surface area contributed by atoms with Crippen molar-refractivity contribution in [2.24, 2.45) is 5.73 Å². The lowest BCUT2D eigenvalue weighted by Gasteiger charge is -2.06. The van der Waals surface area contributed by atoms with Gasteiger partial charge in [0.1, 0.15) is 20.0 Å². The average molecular weight is 222 g/mol. The number of carbonyl (C=O) groups excluding carboxylic acids is 2. The Labute approximate surface area is 86.3 Å². The number of nitrogens with two attached hydrogens (primary N) is 1. The predicted octanol–water partition coefficient (Wildman–Crippen LogP) is -1.23. The Balaban J connectivity index is 3.22. The molecule has 0 rings (SSSR count). The molecule has 2 amide bonds. The van der Waals surface area contributed by atoms with Crippen LogP contribution in [0.2, 0.25) is 0 Å². The lowest BCUT2D eigenvalue weighted by Crippen LogP contribution is -2.29. The van der Waals surface area contributed by atoms with Crippen LogP contribution in [0.3, 0.4) is 0 Å². The second kappa shape index (κ2) is 9.03. The van der Waals surface area contributed by atoms with Crippen molar-refractivity contribution in [1.29, 1.82) is 0 Å². The number of aliphatic hydroxyl groups excluding tert-OH is 1. The van der Waals surface area contributed by atoms with E-state index in [0.29, 0.717) is 0 Å². The van der Waals surface area contributed by atoms with Crippen molar-refractivity contribution in [1.82, 2.24) is 5.32 Å². The summed E-state index contributed by atoms with van der Waals surface area (Å²) in [5.74, 6) is 0. The third kappa shape index (κ3) is 10.4. The molecule has 0 aliphatic heterocycles. The molecule has 0 aliphatic carbocycles. The van der Waals surface area contributed by atoms with Crippen LogP contribution in [-0.4, -0.2) is 50.5 Å². The topological polar surface area (TPSA) is 120 Å². The highest BCUT2D eigenvalue weighted by Crippen LogP contribution is 1.80. The predicted molar refractivity (Wildman–Crippen MR) is 47.9 cm³/mol. The minimum Gasteiger partial charge on any atom is -0.446 e. The van der Waals surface area contributed by atoms with Gasteiger partial charge in [-0.25, -0.2) is 9.59 Å². The Hall–Kier alpha value is -1.54. The number of amides is 2. The van der Waals surface area contributed by atoms with Crippen LogP contribution in [0.4, 0.5) is 9.59 Å². The van der Waals surface area contributed by atoms with Gasteiger partial charge in [-0.1, -0.05) is 0 Å². The van der Waals surface area contributed by atoms with Gasteiger partial charge in [0.2, 0.25) is 0 Å². The summed E-state index contributed by atoms with van der Waals surface area (Å²) in [6.45, 7) is -0.159. The van der Waals surface area contributed by atoms with Gasteiger partial charge >= 0.3 is 12.2 Å². The summed E-state index contributed by atoms with van der Waals surface area (Å²) < 4.78 is 13.4. The van der Waals surface area contributed by atoms with Gasteiger partial charge in [0.15, 0.2) is 0 Å². The zero-order valence-corrected chi connectivity index (χ0v) is 8.10. The molecule has 15 heavy (non-hydrogen) atoms. The van der Waals surface area contributed by atoms with E-state index in [1.54, 1.807) is 0 Å². The molecule has 0 aliphatic rings. The molecular formula is C7H14N2O6. The van der Waals surface area contributed by atoms with Gasteiger partial charge in [0.25, 0.3) is 0 Å². The van der Waals surface area contributed by atoms with Crippen molar-refractivity contribution in [2.45, 2.75) is 0 Å². The molecule has 8 heteroatoms. The van der Waals surface area contributed by atoms with E-state index in [1.165, 1.54) is 0 Å².